The Morgan fingerprint density at radius 3 is 2.18 bits per heavy atom. The van der Waals surface area contributed by atoms with Gasteiger partial charge in [0.1, 0.15) is 4.90 Å². The maximum atomic E-state index is 12.1. The summed E-state index contributed by atoms with van der Waals surface area (Å²) in [5.41, 5.74) is 5.79. The molecule has 0 atom stereocenters. The highest BCUT2D eigenvalue weighted by molar-refractivity contribution is 7.89. The number of β-amino-alcohol motifs (C(OH)–C–C–N with tert-alkyl or cyclic N) is 1. The predicted molar refractivity (Wildman–Crippen MR) is 65.6 cm³/mol. The Morgan fingerprint density at radius 1 is 1.29 bits per heavy atom. The highest BCUT2D eigenvalue weighted by Gasteiger charge is 2.37. The van der Waals surface area contributed by atoms with Gasteiger partial charge in [0.25, 0.3) is 0 Å². The van der Waals surface area contributed by atoms with Crippen molar-refractivity contribution in [1.29, 1.82) is 0 Å². The number of benzene rings is 1. The molecule has 17 heavy (non-hydrogen) atoms. The summed E-state index contributed by atoms with van der Waals surface area (Å²) in [5, 5.41) is 9.08. The summed E-state index contributed by atoms with van der Waals surface area (Å²) in [6.07, 6.45) is -0.629. The van der Waals surface area contributed by atoms with Crippen molar-refractivity contribution in [1.82, 2.24) is 4.31 Å². The Kier molecular flexibility index (Phi) is 3.26. The third kappa shape index (κ3) is 2.23. The fraction of sp³-hybridized carbons (Fsp3) is 0.333. The fourth-order valence-electron chi connectivity index (χ4n) is 1.57. The second-order valence-electron chi connectivity index (χ2n) is 3.79. The standard InChI is InChI=1S/C9H10Cl2N2O3S/c10-7-1-5(12)2-8(11)9(7)17(15,16)13-3-6(14)4-13/h1-2,6,14H,3-4,12H2. The van der Waals surface area contributed by atoms with Crippen LogP contribution in [0.25, 0.3) is 0 Å². The minimum absolute atomic E-state index is 0.0172. The van der Waals surface area contributed by atoms with Gasteiger partial charge < -0.3 is 10.8 Å². The molecule has 5 nitrogen and oxygen atoms in total. The molecule has 0 aliphatic carbocycles. The van der Waals surface area contributed by atoms with E-state index in [9.17, 15) is 8.42 Å². The molecule has 8 heteroatoms. The number of halogens is 2. The molecular formula is C9H10Cl2N2O3S. The first-order chi connectivity index (χ1) is 7.82. The summed E-state index contributed by atoms with van der Waals surface area (Å²) in [6.45, 7) is 0.110. The van der Waals surface area contributed by atoms with E-state index in [0.29, 0.717) is 5.69 Å². The van der Waals surface area contributed by atoms with E-state index in [2.05, 4.69) is 0 Å². The van der Waals surface area contributed by atoms with Crippen LogP contribution in [-0.2, 0) is 10.0 Å². The molecule has 3 N–H and O–H groups in total. The van der Waals surface area contributed by atoms with E-state index in [1.807, 2.05) is 0 Å². The molecule has 0 aromatic heterocycles. The Balaban J connectivity index is 2.47. The molecule has 1 aromatic rings. The molecule has 1 saturated heterocycles. The molecule has 0 bridgehead atoms. The first-order valence-electron chi connectivity index (χ1n) is 4.75. The molecule has 0 amide bonds. The third-order valence-corrected chi connectivity index (χ3v) is 5.20. The quantitative estimate of drug-likeness (QED) is 0.796. The number of nitrogens with two attached hydrogens (primary N) is 1. The van der Waals surface area contributed by atoms with E-state index < -0.39 is 16.1 Å². The van der Waals surface area contributed by atoms with Gasteiger partial charge in [0.05, 0.1) is 16.1 Å². The third-order valence-electron chi connectivity index (χ3n) is 2.45. The van der Waals surface area contributed by atoms with Gasteiger partial charge in [-0.15, -0.1) is 0 Å². The Labute approximate surface area is 109 Å². The molecule has 1 aromatic carbocycles. The molecular weight excluding hydrogens is 287 g/mol. The van der Waals surface area contributed by atoms with Gasteiger partial charge in [-0.3, -0.25) is 0 Å². The number of rotatable bonds is 2. The predicted octanol–water partition coefficient (Wildman–Crippen LogP) is 0.941. The van der Waals surface area contributed by atoms with Crippen LogP contribution in [0, 0.1) is 0 Å². The van der Waals surface area contributed by atoms with Gasteiger partial charge in [-0.1, -0.05) is 23.2 Å². The molecule has 0 unspecified atom stereocenters. The lowest BCUT2D eigenvalue weighted by molar-refractivity contribution is 0.0548. The van der Waals surface area contributed by atoms with Crippen molar-refractivity contribution in [3.05, 3.63) is 22.2 Å². The van der Waals surface area contributed by atoms with Crippen LogP contribution in [0.1, 0.15) is 0 Å². The van der Waals surface area contributed by atoms with Crippen LogP contribution >= 0.6 is 23.2 Å². The number of hydrogen-bond donors (Lipinski definition) is 2. The lowest BCUT2D eigenvalue weighted by Crippen LogP contribution is -2.53. The van der Waals surface area contributed by atoms with Crippen LogP contribution in [-0.4, -0.2) is 37.0 Å². The average molecular weight is 297 g/mol. The van der Waals surface area contributed by atoms with Crippen molar-refractivity contribution in [3.8, 4) is 0 Å². The van der Waals surface area contributed by atoms with Gasteiger partial charge in [-0.05, 0) is 12.1 Å². The number of sulfonamides is 1. The van der Waals surface area contributed by atoms with Crippen LogP contribution in [0.2, 0.25) is 10.0 Å². The average Bonchev–Trinajstić information content (AvgIpc) is 2.10. The highest BCUT2D eigenvalue weighted by Crippen LogP contribution is 2.35. The summed E-state index contributed by atoms with van der Waals surface area (Å²) >= 11 is 11.7. The number of nitrogens with zero attached hydrogens (tertiary/aromatic N) is 1. The van der Waals surface area contributed by atoms with Crippen LogP contribution in [0.15, 0.2) is 17.0 Å². The second kappa shape index (κ2) is 4.29. The smallest absolute Gasteiger partial charge is 0.246 e. The molecule has 1 fully saturated rings. The molecule has 94 valence electrons. The Hall–Kier alpha value is -0.530. The van der Waals surface area contributed by atoms with Crippen molar-refractivity contribution in [2.24, 2.45) is 0 Å². The first kappa shape index (κ1) is 12.9. The van der Waals surface area contributed by atoms with E-state index >= 15 is 0 Å². The number of anilines is 1. The second-order valence-corrected chi connectivity index (χ2v) is 6.48. The largest absolute Gasteiger partial charge is 0.399 e. The minimum Gasteiger partial charge on any atom is -0.399 e. The normalized spacial score (nSPS) is 18.1. The molecule has 0 radical (unpaired) electrons. The first-order valence-corrected chi connectivity index (χ1v) is 6.94. The van der Waals surface area contributed by atoms with Gasteiger partial charge >= 0.3 is 0 Å². The van der Waals surface area contributed by atoms with Crippen molar-refractivity contribution < 1.29 is 13.5 Å². The Bertz CT molecular complexity index is 532. The van der Waals surface area contributed by atoms with Crippen LogP contribution in [0.5, 0.6) is 0 Å². The van der Waals surface area contributed by atoms with E-state index in [1.165, 1.54) is 12.1 Å². The monoisotopic (exact) mass is 296 g/mol. The number of aliphatic hydroxyl groups excluding tert-OH is 1. The fourth-order valence-corrected chi connectivity index (χ4v) is 4.26. The zero-order valence-electron chi connectivity index (χ0n) is 8.60. The highest BCUT2D eigenvalue weighted by atomic mass is 35.5. The lowest BCUT2D eigenvalue weighted by Gasteiger charge is -2.34. The van der Waals surface area contributed by atoms with Gasteiger partial charge in [-0.25, -0.2) is 8.42 Å². The van der Waals surface area contributed by atoms with E-state index in [4.69, 9.17) is 34.0 Å². The van der Waals surface area contributed by atoms with E-state index in [-0.39, 0.29) is 28.0 Å². The van der Waals surface area contributed by atoms with Gasteiger partial charge in [0.15, 0.2) is 0 Å². The van der Waals surface area contributed by atoms with Crippen LogP contribution in [0.3, 0.4) is 0 Å². The van der Waals surface area contributed by atoms with Gasteiger partial charge in [0, 0.05) is 18.8 Å². The van der Waals surface area contributed by atoms with Gasteiger partial charge in [0.2, 0.25) is 10.0 Å². The summed E-state index contributed by atoms with van der Waals surface area (Å²) in [7, 11) is -3.76. The molecule has 1 aliphatic heterocycles. The maximum absolute atomic E-state index is 12.1. The number of aliphatic hydroxyl groups is 1. The summed E-state index contributed by atoms with van der Waals surface area (Å²) < 4.78 is 25.3. The van der Waals surface area contributed by atoms with Crippen molar-refractivity contribution in [2.75, 3.05) is 18.8 Å². The number of nitrogen functional groups attached to an aromatic ring is 1. The molecule has 2 rings (SSSR count). The van der Waals surface area contributed by atoms with Crippen LogP contribution < -0.4 is 5.73 Å². The van der Waals surface area contributed by atoms with E-state index in [1.54, 1.807) is 0 Å². The molecule has 1 aliphatic rings. The lowest BCUT2D eigenvalue weighted by atomic mass is 10.2. The SMILES string of the molecule is Nc1cc(Cl)c(S(=O)(=O)N2CC(O)C2)c(Cl)c1. The van der Waals surface area contributed by atoms with E-state index in [0.717, 1.165) is 4.31 Å². The minimum atomic E-state index is -3.76. The van der Waals surface area contributed by atoms with Crippen molar-refractivity contribution in [2.45, 2.75) is 11.0 Å². The zero-order valence-corrected chi connectivity index (χ0v) is 10.9. The Morgan fingerprint density at radius 2 is 1.76 bits per heavy atom. The topological polar surface area (TPSA) is 83.6 Å². The summed E-state index contributed by atoms with van der Waals surface area (Å²) in [5.74, 6) is 0. The zero-order chi connectivity index (χ0) is 12.8. The summed E-state index contributed by atoms with van der Waals surface area (Å²) in [4.78, 5) is -0.165. The van der Waals surface area contributed by atoms with Crippen molar-refractivity contribution >= 4 is 38.9 Å². The number of hydrogen-bond acceptors (Lipinski definition) is 4. The van der Waals surface area contributed by atoms with Crippen LogP contribution in [0.4, 0.5) is 5.69 Å². The van der Waals surface area contributed by atoms with Gasteiger partial charge in [-0.2, -0.15) is 4.31 Å². The van der Waals surface area contributed by atoms with Crippen molar-refractivity contribution in [3.63, 3.8) is 0 Å². The molecule has 0 spiro atoms. The maximum Gasteiger partial charge on any atom is 0.246 e. The summed E-state index contributed by atoms with van der Waals surface area (Å²) in [6, 6.07) is 2.66. The molecule has 0 saturated carbocycles. The molecule has 1 heterocycles.